The second kappa shape index (κ2) is 7.50. The summed E-state index contributed by atoms with van der Waals surface area (Å²) in [6.45, 7) is 1.69. The number of nitrogens with zero attached hydrogens (tertiary/aromatic N) is 5. The van der Waals surface area contributed by atoms with Gasteiger partial charge in [0.25, 0.3) is 0 Å². The fourth-order valence-corrected chi connectivity index (χ4v) is 3.38. The Morgan fingerprint density at radius 3 is 2.76 bits per heavy atom. The van der Waals surface area contributed by atoms with Crippen LogP contribution in [0.1, 0.15) is 24.8 Å². The molecule has 0 aliphatic heterocycles. The molecule has 8 heteroatoms. The summed E-state index contributed by atoms with van der Waals surface area (Å²) < 4.78 is 3.64. The van der Waals surface area contributed by atoms with Crippen LogP contribution in [0.5, 0.6) is 0 Å². The number of carboxylic acids is 1. The molecule has 2 heterocycles. The molecule has 2 aromatic rings. The summed E-state index contributed by atoms with van der Waals surface area (Å²) in [4.78, 5) is 30.0. The van der Waals surface area contributed by atoms with Crippen molar-refractivity contribution < 1.29 is 14.7 Å². The van der Waals surface area contributed by atoms with Gasteiger partial charge in [-0.25, -0.2) is 4.98 Å². The maximum absolute atomic E-state index is 13.0. The monoisotopic (exact) mass is 345 g/mol. The number of carboxylic acid groups (broad SMARTS) is 1. The molecule has 1 aliphatic carbocycles. The van der Waals surface area contributed by atoms with E-state index < -0.39 is 11.9 Å². The summed E-state index contributed by atoms with van der Waals surface area (Å²) in [5.41, 5.74) is 0.967. The summed E-state index contributed by atoms with van der Waals surface area (Å²) in [5.74, 6) is -1.37. The molecule has 1 N–H and O–H groups in total. The Hall–Kier alpha value is -2.64. The molecule has 0 aromatic carbocycles. The van der Waals surface area contributed by atoms with Crippen molar-refractivity contribution >= 4 is 11.9 Å². The first-order chi connectivity index (χ1) is 12.0. The highest BCUT2D eigenvalue weighted by Crippen LogP contribution is 2.32. The first-order valence-corrected chi connectivity index (χ1v) is 8.48. The normalized spacial score (nSPS) is 19.9. The third kappa shape index (κ3) is 4.26. The number of aromatic nitrogens is 4. The molecular formula is C17H23N5O3. The lowest BCUT2D eigenvalue weighted by Gasteiger charge is -2.25. The zero-order valence-electron chi connectivity index (χ0n) is 14.3. The SMILES string of the molecule is Cn1cc(CN(CCn2ccnc2)C(=O)[C@@H]2CC[C@H](C(=O)O)C2)cn1. The Morgan fingerprint density at radius 2 is 2.16 bits per heavy atom. The molecule has 2 atom stereocenters. The summed E-state index contributed by atoms with van der Waals surface area (Å²) >= 11 is 0. The molecule has 1 fully saturated rings. The Labute approximate surface area is 146 Å². The third-order valence-electron chi connectivity index (χ3n) is 4.76. The van der Waals surface area contributed by atoms with Crippen molar-refractivity contribution in [1.29, 1.82) is 0 Å². The van der Waals surface area contributed by atoms with Gasteiger partial charge >= 0.3 is 5.97 Å². The number of carbonyl (C=O) groups is 2. The maximum atomic E-state index is 13.0. The average Bonchev–Trinajstić information content (AvgIpc) is 3.32. The van der Waals surface area contributed by atoms with E-state index in [2.05, 4.69) is 10.1 Å². The molecule has 134 valence electrons. The van der Waals surface area contributed by atoms with Crippen LogP contribution in [0.4, 0.5) is 0 Å². The predicted molar refractivity (Wildman–Crippen MR) is 89.3 cm³/mol. The van der Waals surface area contributed by atoms with Gasteiger partial charge in [-0.3, -0.25) is 14.3 Å². The van der Waals surface area contributed by atoms with Crippen molar-refractivity contribution in [2.45, 2.75) is 32.4 Å². The van der Waals surface area contributed by atoms with Crippen LogP contribution in [0, 0.1) is 11.8 Å². The van der Waals surface area contributed by atoms with Crippen molar-refractivity contribution in [3.05, 3.63) is 36.7 Å². The van der Waals surface area contributed by atoms with E-state index in [0.717, 1.165) is 5.56 Å². The second-order valence-corrected chi connectivity index (χ2v) is 6.63. The summed E-state index contributed by atoms with van der Waals surface area (Å²) in [7, 11) is 1.84. The van der Waals surface area contributed by atoms with Gasteiger partial charge in [-0.15, -0.1) is 0 Å². The van der Waals surface area contributed by atoms with Crippen LogP contribution < -0.4 is 0 Å². The molecule has 0 unspecified atom stereocenters. The van der Waals surface area contributed by atoms with Gasteiger partial charge in [0.05, 0.1) is 18.4 Å². The third-order valence-corrected chi connectivity index (χ3v) is 4.76. The van der Waals surface area contributed by atoms with Crippen LogP contribution in [0.25, 0.3) is 0 Å². The number of hydrogen-bond acceptors (Lipinski definition) is 4. The molecule has 0 saturated heterocycles. The first kappa shape index (κ1) is 17.2. The van der Waals surface area contributed by atoms with Crippen LogP contribution in [0.15, 0.2) is 31.1 Å². The van der Waals surface area contributed by atoms with E-state index in [9.17, 15) is 14.7 Å². The minimum atomic E-state index is -0.799. The molecule has 8 nitrogen and oxygen atoms in total. The van der Waals surface area contributed by atoms with Gasteiger partial charge in [-0.1, -0.05) is 0 Å². The standard InChI is InChI=1S/C17H23N5O3/c1-20-10-13(9-19-20)11-22(7-6-21-5-4-18-12-21)16(23)14-2-3-15(8-14)17(24)25/h4-5,9-10,12,14-15H,2-3,6-8,11H2,1H3,(H,24,25)/t14-,15+/m1/s1. The van der Waals surface area contributed by atoms with Crippen molar-refractivity contribution in [3.8, 4) is 0 Å². The highest BCUT2D eigenvalue weighted by Gasteiger charge is 2.35. The zero-order valence-corrected chi connectivity index (χ0v) is 14.3. The van der Waals surface area contributed by atoms with Crippen LogP contribution in [-0.2, 0) is 29.7 Å². The molecule has 1 aliphatic rings. The van der Waals surface area contributed by atoms with Gasteiger partial charge in [0.2, 0.25) is 5.91 Å². The average molecular weight is 345 g/mol. The van der Waals surface area contributed by atoms with Crippen LogP contribution >= 0.6 is 0 Å². The number of hydrogen-bond donors (Lipinski definition) is 1. The summed E-state index contributed by atoms with van der Waals surface area (Å²) in [5, 5.41) is 13.3. The van der Waals surface area contributed by atoms with Crippen LogP contribution in [0.3, 0.4) is 0 Å². The highest BCUT2D eigenvalue weighted by molar-refractivity contribution is 5.81. The lowest BCUT2D eigenvalue weighted by Crippen LogP contribution is -2.37. The Bertz CT molecular complexity index is 724. The minimum absolute atomic E-state index is 0.0349. The molecule has 0 radical (unpaired) electrons. The Balaban J connectivity index is 1.68. The van der Waals surface area contributed by atoms with Crippen molar-refractivity contribution in [2.75, 3.05) is 6.54 Å². The van der Waals surface area contributed by atoms with Gasteiger partial charge in [-0.05, 0) is 19.3 Å². The van der Waals surface area contributed by atoms with E-state index in [1.807, 2.05) is 28.9 Å². The van der Waals surface area contributed by atoms with Gasteiger partial charge in [-0.2, -0.15) is 5.10 Å². The van der Waals surface area contributed by atoms with E-state index >= 15 is 0 Å². The zero-order chi connectivity index (χ0) is 17.8. The van der Waals surface area contributed by atoms with Crippen molar-refractivity contribution in [3.63, 3.8) is 0 Å². The fourth-order valence-electron chi connectivity index (χ4n) is 3.38. The topological polar surface area (TPSA) is 93.2 Å². The molecule has 0 bridgehead atoms. The number of aryl methyl sites for hydroxylation is 1. The van der Waals surface area contributed by atoms with Crippen molar-refractivity contribution in [1.82, 2.24) is 24.2 Å². The number of aliphatic carboxylic acids is 1. The van der Waals surface area contributed by atoms with E-state index in [1.165, 1.54) is 0 Å². The van der Waals surface area contributed by atoms with E-state index in [-0.39, 0.29) is 11.8 Å². The number of imidazole rings is 1. The van der Waals surface area contributed by atoms with E-state index in [1.54, 1.807) is 23.4 Å². The molecular weight excluding hydrogens is 322 g/mol. The van der Waals surface area contributed by atoms with Gasteiger partial charge in [0.15, 0.2) is 0 Å². The Morgan fingerprint density at radius 1 is 1.36 bits per heavy atom. The van der Waals surface area contributed by atoms with Gasteiger partial charge < -0.3 is 14.6 Å². The van der Waals surface area contributed by atoms with Crippen molar-refractivity contribution in [2.24, 2.45) is 18.9 Å². The lowest BCUT2D eigenvalue weighted by molar-refractivity contribution is -0.141. The van der Waals surface area contributed by atoms with E-state index in [0.29, 0.717) is 38.9 Å². The smallest absolute Gasteiger partial charge is 0.306 e. The highest BCUT2D eigenvalue weighted by atomic mass is 16.4. The number of rotatable bonds is 7. The van der Waals surface area contributed by atoms with Crippen LogP contribution in [-0.4, -0.2) is 47.8 Å². The van der Waals surface area contributed by atoms with Crippen LogP contribution in [0.2, 0.25) is 0 Å². The largest absolute Gasteiger partial charge is 0.481 e. The van der Waals surface area contributed by atoms with E-state index in [4.69, 9.17) is 0 Å². The number of carbonyl (C=O) groups excluding carboxylic acids is 1. The molecule has 25 heavy (non-hydrogen) atoms. The molecule has 1 amide bonds. The summed E-state index contributed by atoms with van der Waals surface area (Å²) in [6, 6.07) is 0. The predicted octanol–water partition coefficient (Wildman–Crippen LogP) is 1.15. The Kier molecular flexibility index (Phi) is 5.16. The molecule has 0 spiro atoms. The summed E-state index contributed by atoms with van der Waals surface area (Å²) in [6.07, 6.45) is 10.6. The fraction of sp³-hybridized carbons (Fsp3) is 0.529. The second-order valence-electron chi connectivity index (χ2n) is 6.63. The quantitative estimate of drug-likeness (QED) is 0.812. The first-order valence-electron chi connectivity index (χ1n) is 8.48. The minimum Gasteiger partial charge on any atom is -0.481 e. The number of amides is 1. The molecule has 3 rings (SSSR count). The lowest BCUT2D eigenvalue weighted by atomic mass is 10.0. The van der Waals surface area contributed by atoms with Gasteiger partial charge in [0.1, 0.15) is 0 Å². The molecule has 1 saturated carbocycles. The molecule has 2 aromatic heterocycles. The van der Waals surface area contributed by atoms with Gasteiger partial charge in [0, 0.05) is 56.8 Å². The maximum Gasteiger partial charge on any atom is 0.306 e.